The van der Waals surface area contributed by atoms with Gasteiger partial charge < -0.3 is 5.32 Å². The molecule has 18 heavy (non-hydrogen) atoms. The lowest BCUT2D eigenvalue weighted by atomic mass is 10.3. The van der Waals surface area contributed by atoms with Gasteiger partial charge in [-0.05, 0) is 19.3 Å². The molecule has 0 aromatic carbocycles. The zero-order valence-corrected chi connectivity index (χ0v) is 11.6. The minimum Gasteiger partial charge on any atom is -0.310 e. The van der Waals surface area contributed by atoms with Gasteiger partial charge in [0, 0.05) is 30.1 Å². The number of hydrogen-bond donors (Lipinski definition) is 1. The number of sulfone groups is 1. The van der Waals surface area contributed by atoms with E-state index in [1.807, 2.05) is 19.3 Å². The number of rotatable bonds is 8. The van der Waals surface area contributed by atoms with Crippen molar-refractivity contribution in [1.82, 2.24) is 15.1 Å². The van der Waals surface area contributed by atoms with Crippen LogP contribution in [0.4, 0.5) is 0 Å². The molecule has 0 unspecified atom stereocenters. The second-order valence-corrected chi connectivity index (χ2v) is 7.22. The smallest absolute Gasteiger partial charge is 0.152 e. The number of aromatic nitrogens is 2. The molecule has 0 radical (unpaired) electrons. The first kappa shape index (κ1) is 13.5. The maximum absolute atomic E-state index is 11.6. The topological polar surface area (TPSA) is 64.0 Å². The fraction of sp³-hybridized carbons (Fsp3) is 0.750. The molecule has 1 fully saturated rings. The van der Waals surface area contributed by atoms with Crippen LogP contribution < -0.4 is 5.32 Å². The van der Waals surface area contributed by atoms with Crippen molar-refractivity contribution in [2.75, 3.05) is 11.5 Å². The number of nitrogens with one attached hydrogen (secondary N) is 1. The summed E-state index contributed by atoms with van der Waals surface area (Å²) in [5, 5.41) is 7.60. The highest BCUT2D eigenvalue weighted by Crippen LogP contribution is 2.19. The molecule has 6 heteroatoms. The van der Waals surface area contributed by atoms with Crippen molar-refractivity contribution < 1.29 is 8.42 Å². The van der Waals surface area contributed by atoms with Crippen LogP contribution in [0.3, 0.4) is 0 Å². The van der Waals surface area contributed by atoms with Crippen LogP contribution in [0.1, 0.15) is 31.7 Å². The van der Waals surface area contributed by atoms with Crippen molar-refractivity contribution in [2.45, 2.75) is 45.3 Å². The van der Waals surface area contributed by atoms with E-state index in [4.69, 9.17) is 0 Å². The predicted octanol–water partition coefficient (Wildman–Crippen LogP) is 0.960. The third kappa shape index (κ3) is 4.42. The van der Waals surface area contributed by atoms with E-state index in [9.17, 15) is 8.42 Å². The summed E-state index contributed by atoms with van der Waals surface area (Å²) in [6, 6.07) is 0.679. The average molecular weight is 271 g/mol. The number of hydrogen-bond acceptors (Lipinski definition) is 4. The van der Waals surface area contributed by atoms with Crippen LogP contribution in [-0.4, -0.2) is 35.7 Å². The van der Waals surface area contributed by atoms with Crippen molar-refractivity contribution in [1.29, 1.82) is 0 Å². The number of nitrogens with zero attached hydrogens (tertiary/aromatic N) is 2. The first-order chi connectivity index (χ1) is 8.59. The normalized spacial score (nSPS) is 16.1. The fourth-order valence-electron chi connectivity index (χ4n) is 1.82. The zero-order valence-electron chi connectivity index (χ0n) is 10.8. The van der Waals surface area contributed by atoms with Crippen LogP contribution in [0.25, 0.3) is 0 Å². The van der Waals surface area contributed by atoms with E-state index in [2.05, 4.69) is 10.4 Å². The summed E-state index contributed by atoms with van der Waals surface area (Å²) < 4.78 is 24.9. The van der Waals surface area contributed by atoms with E-state index in [0.29, 0.717) is 19.0 Å². The highest BCUT2D eigenvalue weighted by molar-refractivity contribution is 7.91. The van der Waals surface area contributed by atoms with Gasteiger partial charge in [-0.25, -0.2) is 8.42 Å². The lowest BCUT2D eigenvalue weighted by Crippen LogP contribution is -2.16. The molecule has 1 aromatic heterocycles. The molecule has 0 spiro atoms. The molecule has 0 bridgehead atoms. The first-order valence-corrected chi connectivity index (χ1v) is 8.36. The Bertz CT molecular complexity index is 477. The lowest BCUT2D eigenvalue weighted by molar-refractivity contribution is 0.579. The van der Waals surface area contributed by atoms with Crippen molar-refractivity contribution in [3.05, 3.63) is 18.0 Å². The third-order valence-electron chi connectivity index (χ3n) is 3.01. The van der Waals surface area contributed by atoms with Gasteiger partial charge in [0.05, 0.1) is 18.5 Å². The van der Waals surface area contributed by atoms with Crippen molar-refractivity contribution in [2.24, 2.45) is 0 Å². The molecule has 1 N–H and O–H groups in total. The van der Waals surface area contributed by atoms with E-state index in [-0.39, 0.29) is 11.5 Å². The molecule has 102 valence electrons. The van der Waals surface area contributed by atoms with Gasteiger partial charge in [-0.2, -0.15) is 5.10 Å². The average Bonchev–Trinajstić information content (AvgIpc) is 3.03. The molecule has 0 saturated heterocycles. The van der Waals surface area contributed by atoms with Crippen LogP contribution in [-0.2, 0) is 22.9 Å². The first-order valence-electron chi connectivity index (χ1n) is 6.54. The van der Waals surface area contributed by atoms with E-state index in [1.54, 1.807) is 4.68 Å². The summed E-state index contributed by atoms with van der Waals surface area (Å²) in [6.07, 6.45) is 6.95. The summed E-state index contributed by atoms with van der Waals surface area (Å²) in [5.74, 6) is 0.447. The van der Waals surface area contributed by atoms with Crippen molar-refractivity contribution in [3.63, 3.8) is 0 Å². The Morgan fingerprint density at radius 3 is 2.89 bits per heavy atom. The van der Waals surface area contributed by atoms with E-state index in [1.165, 1.54) is 12.8 Å². The Hall–Kier alpha value is -0.880. The minimum atomic E-state index is -2.91. The SMILES string of the molecule is CCCS(=O)(=O)CCn1cc(CNC2CC2)cn1. The maximum atomic E-state index is 11.6. The third-order valence-corrected chi connectivity index (χ3v) is 4.84. The molecule has 0 amide bonds. The minimum absolute atomic E-state index is 0.179. The molecule has 0 aliphatic heterocycles. The van der Waals surface area contributed by atoms with Gasteiger partial charge in [0.15, 0.2) is 9.84 Å². The van der Waals surface area contributed by atoms with Gasteiger partial charge in [-0.15, -0.1) is 0 Å². The second kappa shape index (κ2) is 5.84. The van der Waals surface area contributed by atoms with E-state index < -0.39 is 9.84 Å². The summed E-state index contributed by atoms with van der Waals surface area (Å²) in [4.78, 5) is 0. The largest absolute Gasteiger partial charge is 0.310 e. The maximum Gasteiger partial charge on any atom is 0.152 e. The van der Waals surface area contributed by atoms with Crippen LogP contribution in [0.15, 0.2) is 12.4 Å². The summed E-state index contributed by atoms with van der Waals surface area (Å²) in [7, 11) is -2.91. The summed E-state index contributed by atoms with van der Waals surface area (Å²) in [6.45, 7) is 3.16. The van der Waals surface area contributed by atoms with Gasteiger partial charge >= 0.3 is 0 Å². The molecule has 0 atom stereocenters. The van der Waals surface area contributed by atoms with Crippen LogP contribution >= 0.6 is 0 Å². The Morgan fingerprint density at radius 1 is 1.44 bits per heavy atom. The molecule has 2 rings (SSSR count). The van der Waals surface area contributed by atoms with Gasteiger partial charge in [-0.3, -0.25) is 4.68 Å². The molecule has 1 heterocycles. The standard InChI is InChI=1S/C12H21N3O2S/c1-2-6-18(16,17)7-5-15-10-11(9-14-15)8-13-12-3-4-12/h9-10,12-13H,2-8H2,1H3. The van der Waals surface area contributed by atoms with Crippen LogP contribution in [0.2, 0.25) is 0 Å². The van der Waals surface area contributed by atoms with Crippen LogP contribution in [0.5, 0.6) is 0 Å². The monoisotopic (exact) mass is 271 g/mol. The van der Waals surface area contributed by atoms with E-state index >= 15 is 0 Å². The quantitative estimate of drug-likeness (QED) is 0.765. The van der Waals surface area contributed by atoms with Crippen LogP contribution in [0, 0.1) is 0 Å². The molecule has 5 nitrogen and oxygen atoms in total. The van der Waals surface area contributed by atoms with Crippen molar-refractivity contribution >= 4 is 9.84 Å². The van der Waals surface area contributed by atoms with E-state index in [0.717, 1.165) is 12.1 Å². The zero-order chi connectivity index (χ0) is 13.0. The molecule has 1 aliphatic carbocycles. The predicted molar refractivity (Wildman–Crippen MR) is 71.0 cm³/mol. The van der Waals surface area contributed by atoms with Crippen molar-refractivity contribution in [3.8, 4) is 0 Å². The summed E-state index contributed by atoms with van der Waals surface area (Å²) in [5.41, 5.74) is 1.12. The Morgan fingerprint density at radius 2 is 2.22 bits per heavy atom. The molecular weight excluding hydrogens is 250 g/mol. The molecule has 1 saturated carbocycles. The second-order valence-electron chi connectivity index (χ2n) is 4.92. The Labute approximate surface area is 108 Å². The Balaban J connectivity index is 1.78. The highest BCUT2D eigenvalue weighted by Gasteiger charge is 2.20. The lowest BCUT2D eigenvalue weighted by Gasteiger charge is -2.03. The fourth-order valence-corrected chi connectivity index (χ4v) is 3.11. The van der Waals surface area contributed by atoms with Gasteiger partial charge in [0.2, 0.25) is 0 Å². The molecule has 1 aliphatic rings. The van der Waals surface area contributed by atoms with Gasteiger partial charge in [0.1, 0.15) is 0 Å². The molecular formula is C12H21N3O2S. The van der Waals surface area contributed by atoms with Gasteiger partial charge in [-0.1, -0.05) is 6.92 Å². The van der Waals surface area contributed by atoms with Gasteiger partial charge in [0.25, 0.3) is 0 Å². The number of aryl methyl sites for hydroxylation is 1. The Kier molecular flexibility index (Phi) is 4.40. The summed E-state index contributed by atoms with van der Waals surface area (Å²) >= 11 is 0. The highest BCUT2D eigenvalue weighted by atomic mass is 32.2. The molecule has 1 aromatic rings.